The summed E-state index contributed by atoms with van der Waals surface area (Å²) in [5.41, 5.74) is 1.66. The number of nitrogens with one attached hydrogen (secondary N) is 1. The summed E-state index contributed by atoms with van der Waals surface area (Å²) in [6.45, 7) is 4.30. The third-order valence-electron chi connectivity index (χ3n) is 5.23. The first-order valence-electron chi connectivity index (χ1n) is 9.96. The van der Waals surface area contributed by atoms with Gasteiger partial charge < -0.3 is 4.57 Å². The Morgan fingerprint density at radius 2 is 1.88 bits per heavy atom. The molecule has 0 unspecified atom stereocenters. The number of halogens is 1. The number of carbonyl (C=O) groups is 1. The van der Waals surface area contributed by atoms with Gasteiger partial charge in [0.2, 0.25) is 10.0 Å². The first-order valence-corrected chi connectivity index (χ1v) is 11.4. The van der Waals surface area contributed by atoms with E-state index in [9.17, 15) is 17.6 Å². The lowest BCUT2D eigenvalue weighted by Crippen LogP contribution is -2.30. The summed E-state index contributed by atoms with van der Waals surface area (Å²) >= 11 is 0. The monoisotopic (exact) mass is 456 g/mol. The smallest absolute Gasteiger partial charge is 0.258 e. The fourth-order valence-electron chi connectivity index (χ4n) is 3.57. The molecule has 0 bridgehead atoms. The molecule has 0 radical (unpaired) electrons. The highest BCUT2D eigenvalue weighted by molar-refractivity contribution is 7.89. The predicted octanol–water partition coefficient (Wildman–Crippen LogP) is 2.94. The summed E-state index contributed by atoms with van der Waals surface area (Å²) in [5, 5.41) is 11.2. The largest absolute Gasteiger partial charge is 0.327 e. The first-order chi connectivity index (χ1) is 15.3. The molecule has 32 heavy (non-hydrogen) atoms. The second-order valence-corrected chi connectivity index (χ2v) is 9.04. The highest BCUT2D eigenvalue weighted by Crippen LogP contribution is 2.29. The Labute approximate surface area is 183 Å². The highest BCUT2D eigenvalue weighted by Gasteiger charge is 2.23. The van der Waals surface area contributed by atoms with Crippen LogP contribution in [0.3, 0.4) is 0 Å². The van der Waals surface area contributed by atoms with Gasteiger partial charge >= 0.3 is 0 Å². The molecule has 4 aromatic rings. The highest BCUT2D eigenvalue weighted by atomic mass is 32.2. The number of anilines is 1. The maximum atomic E-state index is 13.4. The molecule has 0 aliphatic carbocycles. The van der Waals surface area contributed by atoms with Crippen LogP contribution in [0, 0.1) is 5.82 Å². The summed E-state index contributed by atoms with van der Waals surface area (Å²) < 4.78 is 42.3. The molecule has 2 heterocycles. The topological polar surface area (TPSA) is 110 Å². The molecule has 0 saturated carbocycles. The third kappa shape index (κ3) is 3.69. The van der Waals surface area contributed by atoms with Crippen molar-refractivity contribution in [1.29, 1.82) is 0 Å². The number of hydrogen-bond donors (Lipinski definition) is 1. The molecule has 166 valence electrons. The van der Waals surface area contributed by atoms with Crippen LogP contribution in [0.1, 0.15) is 24.2 Å². The van der Waals surface area contributed by atoms with Gasteiger partial charge in [-0.2, -0.15) is 9.29 Å². The minimum absolute atomic E-state index is 0.0475. The fourth-order valence-corrected chi connectivity index (χ4v) is 5.05. The minimum atomic E-state index is -3.64. The third-order valence-corrected chi connectivity index (χ3v) is 7.27. The Morgan fingerprint density at radius 1 is 1.12 bits per heavy atom. The van der Waals surface area contributed by atoms with E-state index in [0.29, 0.717) is 35.2 Å². The van der Waals surface area contributed by atoms with Gasteiger partial charge in [-0.15, -0.1) is 10.2 Å². The molecular weight excluding hydrogens is 435 g/mol. The lowest BCUT2D eigenvalue weighted by atomic mass is 10.2. The van der Waals surface area contributed by atoms with Crippen molar-refractivity contribution in [2.75, 3.05) is 18.4 Å². The molecule has 2 aromatic heterocycles. The van der Waals surface area contributed by atoms with Gasteiger partial charge in [-0.05, 0) is 36.4 Å². The molecule has 0 atom stereocenters. The van der Waals surface area contributed by atoms with E-state index in [1.807, 2.05) is 0 Å². The summed E-state index contributed by atoms with van der Waals surface area (Å²) in [6.07, 6.45) is 0. The van der Waals surface area contributed by atoms with E-state index in [4.69, 9.17) is 0 Å². The Balaban J connectivity index is 1.75. The van der Waals surface area contributed by atoms with Gasteiger partial charge in [0.15, 0.2) is 5.65 Å². The molecule has 0 spiro atoms. The summed E-state index contributed by atoms with van der Waals surface area (Å²) in [5.74, 6) is -1.15. The van der Waals surface area contributed by atoms with Crippen LogP contribution in [0.2, 0.25) is 0 Å². The molecule has 0 saturated heterocycles. The molecule has 1 amide bonds. The number of carbonyl (C=O) groups excluding carboxylic acids is 1. The molecule has 11 heteroatoms. The van der Waals surface area contributed by atoms with E-state index in [0.717, 1.165) is 6.07 Å². The maximum Gasteiger partial charge on any atom is 0.258 e. The summed E-state index contributed by atoms with van der Waals surface area (Å²) in [7, 11) is -1.88. The lowest BCUT2D eigenvalue weighted by Gasteiger charge is -2.18. The average Bonchev–Trinajstić information content (AvgIpc) is 3.05. The average molecular weight is 457 g/mol. The zero-order valence-corrected chi connectivity index (χ0v) is 18.5. The number of nitrogens with zero attached hydrogens (tertiary/aromatic N) is 5. The number of amides is 1. The SMILES string of the molecule is CCN(CC)S(=O)(=O)c1ccc2c(c1)c1nnc(NC(=O)c3cccc(F)c3)nc1n2C. The van der Waals surface area contributed by atoms with Crippen LogP contribution in [0.5, 0.6) is 0 Å². The van der Waals surface area contributed by atoms with Gasteiger partial charge in [-0.3, -0.25) is 10.1 Å². The van der Waals surface area contributed by atoms with Crippen molar-refractivity contribution in [3.8, 4) is 0 Å². The lowest BCUT2D eigenvalue weighted by molar-refractivity contribution is 0.102. The van der Waals surface area contributed by atoms with Crippen LogP contribution in [-0.4, -0.2) is 51.5 Å². The van der Waals surface area contributed by atoms with Crippen molar-refractivity contribution in [1.82, 2.24) is 24.1 Å². The first kappa shape index (κ1) is 21.8. The van der Waals surface area contributed by atoms with Crippen LogP contribution in [0.25, 0.3) is 22.1 Å². The van der Waals surface area contributed by atoms with Crippen molar-refractivity contribution in [3.05, 3.63) is 53.8 Å². The van der Waals surface area contributed by atoms with Crippen molar-refractivity contribution < 1.29 is 17.6 Å². The van der Waals surface area contributed by atoms with Crippen LogP contribution in [0.15, 0.2) is 47.4 Å². The fraction of sp³-hybridized carbons (Fsp3) is 0.238. The van der Waals surface area contributed by atoms with Crippen molar-refractivity contribution in [3.63, 3.8) is 0 Å². The number of rotatable bonds is 6. The van der Waals surface area contributed by atoms with Gasteiger partial charge in [0.05, 0.1) is 10.4 Å². The van der Waals surface area contributed by atoms with Gasteiger partial charge in [-0.1, -0.05) is 19.9 Å². The number of sulfonamides is 1. The van der Waals surface area contributed by atoms with Crippen LogP contribution in [-0.2, 0) is 17.1 Å². The standard InChI is InChI=1S/C21H21FN6O3S/c1-4-28(5-2)32(30,31)15-9-10-17-16(12-15)18-19(27(17)3)23-21(26-25-18)24-20(29)13-7-6-8-14(22)11-13/h6-12H,4-5H2,1-3H3,(H,23,24,26,29). The zero-order chi connectivity index (χ0) is 23.0. The predicted molar refractivity (Wildman–Crippen MR) is 118 cm³/mol. The molecular formula is C21H21FN6O3S. The molecule has 1 N–H and O–H groups in total. The van der Waals surface area contributed by atoms with Gasteiger partial charge in [0.1, 0.15) is 11.3 Å². The minimum Gasteiger partial charge on any atom is -0.327 e. The molecule has 0 aliphatic rings. The Kier molecular flexibility index (Phi) is 5.61. The Bertz CT molecular complexity index is 1450. The summed E-state index contributed by atoms with van der Waals surface area (Å²) in [6, 6.07) is 10.1. The quantitative estimate of drug-likeness (QED) is 0.478. The maximum absolute atomic E-state index is 13.4. The number of benzene rings is 2. The molecule has 2 aromatic carbocycles. The van der Waals surface area contributed by atoms with Crippen molar-refractivity contribution >= 4 is 43.9 Å². The molecule has 0 aliphatic heterocycles. The number of aryl methyl sites for hydroxylation is 1. The zero-order valence-electron chi connectivity index (χ0n) is 17.7. The Morgan fingerprint density at radius 3 is 2.56 bits per heavy atom. The number of fused-ring (bicyclic) bond motifs is 3. The molecule has 9 nitrogen and oxygen atoms in total. The van der Waals surface area contributed by atoms with E-state index >= 15 is 0 Å². The van der Waals surface area contributed by atoms with Crippen LogP contribution >= 0.6 is 0 Å². The van der Waals surface area contributed by atoms with Gasteiger partial charge in [-0.25, -0.2) is 12.8 Å². The summed E-state index contributed by atoms with van der Waals surface area (Å²) in [4.78, 5) is 16.9. The van der Waals surface area contributed by atoms with Crippen molar-refractivity contribution in [2.45, 2.75) is 18.7 Å². The normalized spacial score (nSPS) is 12.0. The van der Waals surface area contributed by atoms with E-state index < -0.39 is 21.7 Å². The van der Waals surface area contributed by atoms with Crippen LogP contribution in [0.4, 0.5) is 10.3 Å². The van der Waals surface area contributed by atoms with E-state index in [-0.39, 0.29) is 16.4 Å². The second kappa shape index (κ2) is 8.24. The second-order valence-electron chi connectivity index (χ2n) is 7.10. The van der Waals surface area contributed by atoms with Gasteiger partial charge in [0, 0.05) is 31.1 Å². The van der Waals surface area contributed by atoms with E-state index in [2.05, 4.69) is 20.5 Å². The molecule has 4 rings (SSSR count). The number of aromatic nitrogens is 4. The van der Waals surface area contributed by atoms with E-state index in [1.165, 1.54) is 22.5 Å². The van der Waals surface area contributed by atoms with Crippen molar-refractivity contribution in [2.24, 2.45) is 7.05 Å². The van der Waals surface area contributed by atoms with Crippen LogP contribution < -0.4 is 5.32 Å². The van der Waals surface area contributed by atoms with E-state index in [1.54, 1.807) is 43.7 Å². The van der Waals surface area contributed by atoms with Gasteiger partial charge in [0.25, 0.3) is 11.9 Å². The molecule has 0 fully saturated rings. The number of hydrogen-bond acceptors (Lipinski definition) is 6. The Hall–Kier alpha value is -3.44.